The lowest BCUT2D eigenvalue weighted by molar-refractivity contribution is -0.138. The minimum Gasteiger partial charge on any atom is -0.481 e. The second-order valence-corrected chi connectivity index (χ2v) is 13.3. The van der Waals surface area contributed by atoms with Gasteiger partial charge in [-0.15, -0.1) is 0 Å². The highest BCUT2D eigenvalue weighted by molar-refractivity contribution is 7.99. The maximum atomic E-state index is 11.5. The van der Waals surface area contributed by atoms with Crippen molar-refractivity contribution < 1.29 is 15.0 Å². The van der Waals surface area contributed by atoms with Crippen LogP contribution in [-0.2, 0) is 16.8 Å². The number of nitrogens with zero attached hydrogens (tertiary/aromatic N) is 1. The molecule has 6 heteroatoms. The van der Waals surface area contributed by atoms with Gasteiger partial charge in [0.1, 0.15) is 0 Å². The highest BCUT2D eigenvalue weighted by atomic mass is 35.5. The second-order valence-electron chi connectivity index (χ2n) is 11.7. The first-order chi connectivity index (χ1) is 20.6. The fraction of sp³-hybridized carbons (Fsp3) is 0.351. The minimum absolute atomic E-state index is 0.0814. The highest BCUT2D eigenvalue weighted by Gasteiger charge is 2.44. The zero-order valence-electron chi connectivity index (χ0n) is 25.5. The number of aliphatic carboxylic acids is 1. The van der Waals surface area contributed by atoms with Crippen LogP contribution in [0, 0.1) is 5.41 Å². The van der Waals surface area contributed by atoms with Gasteiger partial charge in [-0.1, -0.05) is 92.2 Å². The number of carboxylic acids is 1. The van der Waals surface area contributed by atoms with Crippen LogP contribution in [0.1, 0.15) is 86.6 Å². The van der Waals surface area contributed by atoms with Crippen LogP contribution in [-0.4, -0.2) is 26.9 Å². The van der Waals surface area contributed by atoms with Gasteiger partial charge in [0.25, 0.3) is 0 Å². The number of aliphatic hydroxyl groups is 1. The zero-order valence-corrected chi connectivity index (χ0v) is 27.1. The standard InChI is InChI=1S/C35H36ClNO3S.C2H6/c1-34(2,40)30-9-4-3-7-25(30)13-17-32(41-23-35(18-19-35)22-33(38)39)27-8-5-6-24(20-27)10-15-29-16-12-26-11-14-28(36)21-31(26)37-29;1-2/h3-12,14-16,20-21,32,40H,13,17-19,22-23H2,1-2H3,(H,38,39);1-2H3/b15-10+;/t32-;/m1./s1. The summed E-state index contributed by atoms with van der Waals surface area (Å²) in [6.07, 6.45) is 8.02. The third-order valence-corrected chi connectivity index (χ3v) is 9.76. The second kappa shape index (κ2) is 14.6. The van der Waals surface area contributed by atoms with Crippen molar-refractivity contribution in [2.24, 2.45) is 5.41 Å². The smallest absolute Gasteiger partial charge is 0.303 e. The third-order valence-electron chi connectivity index (χ3n) is 7.83. The summed E-state index contributed by atoms with van der Waals surface area (Å²) in [5, 5.41) is 22.1. The van der Waals surface area contributed by atoms with Gasteiger partial charge >= 0.3 is 5.97 Å². The van der Waals surface area contributed by atoms with E-state index in [2.05, 4.69) is 42.5 Å². The molecular formula is C37H42ClNO3S. The SMILES string of the molecule is CC.CC(C)(O)c1ccccc1CC[C@@H](SCC1(CC(=O)O)CC1)c1cccc(/C=C/c2ccc3ccc(Cl)cc3n2)c1. The van der Waals surface area contributed by atoms with Gasteiger partial charge in [-0.2, -0.15) is 11.8 Å². The van der Waals surface area contributed by atoms with E-state index in [-0.39, 0.29) is 17.1 Å². The number of aryl methyl sites for hydroxylation is 1. The number of carbonyl (C=O) groups is 1. The molecule has 4 aromatic rings. The Bertz CT molecular complexity index is 1570. The number of benzene rings is 3. The van der Waals surface area contributed by atoms with Crippen molar-refractivity contribution in [3.63, 3.8) is 0 Å². The highest BCUT2D eigenvalue weighted by Crippen LogP contribution is 2.53. The maximum absolute atomic E-state index is 11.5. The Morgan fingerprint density at radius 3 is 2.49 bits per heavy atom. The molecule has 0 spiro atoms. The summed E-state index contributed by atoms with van der Waals surface area (Å²) in [5.74, 6) is 0.122. The van der Waals surface area contributed by atoms with Gasteiger partial charge in [0.05, 0.1) is 23.2 Å². The molecule has 1 aromatic heterocycles. The zero-order chi connectivity index (χ0) is 31.0. The molecule has 3 aromatic carbocycles. The molecule has 0 aliphatic heterocycles. The van der Waals surface area contributed by atoms with Crippen LogP contribution in [0.2, 0.25) is 5.02 Å². The quantitative estimate of drug-likeness (QED) is 0.166. The van der Waals surface area contributed by atoms with Gasteiger partial charge in [-0.05, 0) is 91.5 Å². The van der Waals surface area contributed by atoms with Crippen molar-refractivity contribution in [2.45, 2.75) is 70.7 Å². The maximum Gasteiger partial charge on any atom is 0.303 e. The fourth-order valence-corrected chi connectivity index (χ4v) is 7.09. The molecule has 226 valence electrons. The Hall–Kier alpha value is -3.12. The van der Waals surface area contributed by atoms with Crippen LogP contribution in [0.4, 0.5) is 0 Å². The number of hydrogen-bond donors (Lipinski definition) is 2. The van der Waals surface area contributed by atoms with Crippen LogP contribution >= 0.6 is 23.4 Å². The molecule has 1 aliphatic rings. The molecule has 1 aliphatic carbocycles. The molecule has 4 nitrogen and oxygen atoms in total. The molecule has 1 heterocycles. The molecule has 0 saturated heterocycles. The summed E-state index contributed by atoms with van der Waals surface area (Å²) in [7, 11) is 0. The number of fused-ring (bicyclic) bond motifs is 1. The van der Waals surface area contributed by atoms with Crippen molar-refractivity contribution >= 4 is 52.4 Å². The molecule has 1 fully saturated rings. The van der Waals surface area contributed by atoms with E-state index in [0.717, 1.165) is 64.7 Å². The van der Waals surface area contributed by atoms with E-state index < -0.39 is 11.6 Å². The number of carboxylic acid groups (broad SMARTS) is 1. The summed E-state index contributed by atoms with van der Waals surface area (Å²) in [6, 6.07) is 26.5. The van der Waals surface area contributed by atoms with Gasteiger partial charge in [0.15, 0.2) is 0 Å². The normalized spacial score (nSPS) is 14.7. The van der Waals surface area contributed by atoms with Crippen molar-refractivity contribution in [3.8, 4) is 0 Å². The summed E-state index contributed by atoms with van der Waals surface area (Å²) < 4.78 is 0. The number of halogens is 1. The van der Waals surface area contributed by atoms with Gasteiger partial charge in [0.2, 0.25) is 0 Å². The molecular weight excluding hydrogens is 574 g/mol. The first kappa shape index (κ1) is 32.8. The van der Waals surface area contributed by atoms with E-state index in [1.807, 2.05) is 88.0 Å². The van der Waals surface area contributed by atoms with Crippen molar-refractivity contribution in [1.82, 2.24) is 4.98 Å². The lowest BCUT2D eigenvalue weighted by Gasteiger charge is -2.24. The molecule has 0 amide bonds. The lowest BCUT2D eigenvalue weighted by Crippen LogP contribution is -2.18. The third kappa shape index (κ3) is 9.18. The minimum atomic E-state index is -0.911. The van der Waals surface area contributed by atoms with E-state index in [1.165, 1.54) is 5.56 Å². The van der Waals surface area contributed by atoms with E-state index >= 15 is 0 Å². The number of hydrogen-bond acceptors (Lipinski definition) is 4. The first-order valence-corrected chi connectivity index (χ1v) is 16.5. The van der Waals surface area contributed by atoms with Crippen LogP contribution in [0.15, 0.2) is 78.9 Å². The monoisotopic (exact) mass is 615 g/mol. The van der Waals surface area contributed by atoms with E-state index in [0.29, 0.717) is 5.02 Å². The average Bonchev–Trinajstić information content (AvgIpc) is 3.75. The van der Waals surface area contributed by atoms with Crippen LogP contribution < -0.4 is 0 Å². The number of aromatic nitrogens is 1. The van der Waals surface area contributed by atoms with Crippen LogP contribution in [0.5, 0.6) is 0 Å². The average molecular weight is 616 g/mol. The fourth-order valence-electron chi connectivity index (χ4n) is 5.36. The van der Waals surface area contributed by atoms with Crippen molar-refractivity contribution in [1.29, 1.82) is 0 Å². The Labute approximate surface area is 265 Å². The lowest BCUT2D eigenvalue weighted by atomic mass is 9.90. The van der Waals surface area contributed by atoms with Gasteiger partial charge < -0.3 is 10.2 Å². The summed E-state index contributed by atoms with van der Waals surface area (Å²) in [6.45, 7) is 7.66. The van der Waals surface area contributed by atoms with E-state index in [1.54, 1.807) is 0 Å². The summed E-state index contributed by atoms with van der Waals surface area (Å²) in [5.41, 5.74) is 5.15. The molecule has 43 heavy (non-hydrogen) atoms. The van der Waals surface area contributed by atoms with E-state index in [9.17, 15) is 15.0 Å². The Kier molecular flexibility index (Phi) is 11.1. The van der Waals surface area contributed by atoms with Crippen molar-refractivity contribution in [3.05, 3.63) is 112 Å². The summed E-state index contributed by atoms with van der Waals surface area (Å²) >= 11 is 8.04. The van der Waals surface area contributed by atoms with Gasteiger partial charge in [-0.25, -0.2) is 4.98 Å². The molecule has 0 unspecified atom stereocenters. The Morgan fingerprint density at radius 1 is 1.02 bits per heavy atom. The van der Waals surface area contributed by atoms with E-state index in [4.69, 9.17) is 16.6 Å². The van der Waals surface area contributed by atoms with Crippen LogP contribution in [0.25, 0.3) is 23.1 Å². The van der Waals surface area contributed by atoms with Crippen LogP contribution in [0.3, 0.4) is 0 Å². The topological polar surface area (TPSA) is 70.4 Å². The Morgan fingerprint density at radius 2 is 1.77 bits per heavy atom. The van der Waals surface area contributed by atoms with Crippen molar-refractivity contribution in [2.75, 3.05) is 5.75 Å². The molecule has 2 N–H and O–H groups in total. The number of thioether (sulfide) groups is 1. The van der Waals surface area contributed by atoms with Gasteiger partial charge in [-0.3, -0.25) is 4.79 Å². The molecule has 0 radical (unpaired) electrons. The largest absolute Gasteiger partial charge is 0.481 e. The summed E-state index contributed by atoms with van der Waals surface area (Å²) in [4.78, 5) is 16.2. The predicted octanol–water partition coefficient (Wildman–Crippen LogP) is 9.97. The molecule has 0 bridgehead atoms. The predicted molar refractivity (Wildman–Crippen MR) is 183 cm³/mol. The number of rotatable bonds is 12. The molecule has 1 saturated carbocycles. The van der Waals surface area contributed by atoms with Gasteiger partial charge in [0, 0.05) is 21.4 Å². The Balaban J connectivity index is 0.00000207. The molecule has 1 atom stereocenters. The first-order valence-electron chi connectivity index (χ1n) is 15.1. The number of pyridine rings is 1. The molecule has 5 rings (SSSR count).